The molecule has 0 spiro atoms. The third-order valence-electron chi connectivity index (χ3n) is 6.13. The van der Waals surface area contributed by atoms with Crippen molar-refractivity contribution in [2.45, 2.75) is 24.2 Å². The molecule has 0 saturated carbocycles. The minimum absolute atomic E-state index is 0.0359. The molecule has 36 heavy (non-hydrogen) atoms. The molecule has 5 rings (SSSR count). The van der Waals surface area contributed by atoms with Crippen molar-refractivity contribution in [1.29, 1.82) is 0 Å². The molecule has 1 heterocycles. The lowest BCUT2D eigenvalue weighted by molar-refractivity contribution is -0.115. The minimum Gasteiger partial charge on any atom is -0.364 e. The molecule has 0 unspecified atom stereocenters. The smallest absolute Gasteiger partial charge is 0.269 e. The van der Waals surface area contributed by atoms with Gasteiger partial charge in [-0.05, 0) is 60.4 Å². The van der Waals surface area contributed by atoms with Crippen molar-refractivity contribution in [2.75, 3.05) is 5.32 Å². The summed E-state index contributed by atoms with van der Waals surface area (Å²) in [6.07, 6.45) is 1.48. The number of benzene rings is 3. The van der Waals surface area contributed by atoms with Crippen LogP contribution in [0.15, 0.2) is 77.7 Å². The van der Waals surface area contributed by atoms with E-state index in [1.54, 1.807) is 16.8 Å². The molecule has 0 aliphatic heterocycles. The third-order valence-corrected chi connectivity index (χ3v) is 7.06. The summed E-state index contributed by atoms with van der Waals surface area (Å²) in [5, 5.41) is 12.6. The van der Waals surface area contributed by atoms with Crippen molar-refractivity contribution in [3.05, 3.63) is 95.2 Å². The van der Waals surface area contributed by atoms with Gasteiger partial charge in [-0.1, -0.05) is 36.4 Å². The molecule has 1 aliphatic rings. The number of aromatic nitrogens is 2. The Balaban J connectivity index is 1.55. The van der Waals surface area contributed by atoms with Crippen molar-refractivity contribution in [2.24, 2.45) is 10.9 Å². The predicted octanol–water partition coefficient (Wildman–Crippen LogP) is 2.57. The number of primary sulfonamides is 1. The van der Waals surface area contributed by atoms with Crippen molar-refractivity contribution < 1.29 is 18.0 Å². The number of carbonyl (C=O) groups excluding carboxylic acids is 2. The first-order valence-corrected chi connectivity index (χ1v) is 12.8. The standard InChI is InChI=1S/C26H23N5O4S/c27-26(33)24-21-13-7-17-6-8-18(29-23(32)14-16-4-2-1-3-5-16)15-22(17)25(21)31(30-24)19-9-11-20(12-10-19)36(28,34)35/h1-6,8-12,15H,7,13-14H2,(H2,27,33)(H,29,32)(H2,28,34,35). The first-order chi connectivity index (χ1) is 17.2. The van der Waals surface area contributed by atoms with Gasteiger partial charge in [-0.3, -0.25) is 9.59 Å². The Morgan fingerprint density at radius 1 is 0.972 bits per heavy atom. The van der Waals surface area contributed by atoms with Gasteiger partial charge >= 0.3 is 0 Å². The maximum absolute atomic E-state index is 12.6. The van der Waals surface area contributed by atoms with E-state index in [0.29, 0.717) is 35.5 Å². The Hall–Kier alpha value is -4.28. The molecule has 0 radical (unpaired) electrons. The molecular weight excluding hydrogens is 478 g/mol. The lowest BCUT2D eigenvalue weighted by Gasteiger charge is -2.20. The van der Waals surface area contributed by atoms with Gasteiger partial charge in [-0.15, -0.1) is 0 Å². The van der Waals surface area contributed by atoms with Gasteiger partial charge in [0, 0.05) is 16.8 Å². The predicted molar refractivity (Wildman–Crippen MR) is 135 cm³/mol. The summed E-state index contributed by atoms with van der Waals surface area (Å²) in [4.78, 5) is 24.8. The number of fused-ring (bicyclic) bond motifs is 3. The molecule has 9 nitrogen and oxygen atoms in total. The van der Waals surface area contributed by atoms with E-state index < -0.39 is 15.9 Å². The highest BCUT2D eigenvalue weighted by molar-refractivity contribution is 7.89. The molecule has 4 aromatic rings. The van der Waals surface area contributed by atoms with Crippen LogP contribution in [0.2, 0.25) is 0 Å². The third kappa shape index (κ3) is 4.51. The Bertz CT molecular complexity index is 1590. The van der Waals surface area contributed by atoms with E-state index in [2.05, 4.69) is 10.4 Å². The molecule has 5 N–H and O–H groups in total. The van der Waals surface area contributed by atoms with Gasteiger partial charge in [0.25, 0.3) is 5.91 Å². The zero-order valence-corrected chi connectivity index (χ0v) is 20.0. The molecule has 2 amide bonds. The van der Waals surface area contributed by atoms with E-state index >= 15 is 0 Å². The zero-order chi connectivity index (χ0) is 25.4. The van der Waals surface area contributed by atoms with Gasteiger partial charge in [-0.25, -0.2) is 18.2 Å². The van der Waals surface area contributed by atoms with E-state index in [0.717, 1.165) is 16.7 Å². The molecule has 0 bridgehead atoms. The van der Waals surface area contributed by atoms with Gasteiger partial charge < -0.3 is 11.1 Å². The Morgan fingerprint density at radius 3 is 2.36 bits per heavy atom. The van der Waals surface area contributed by atoms with Gasteiger partial charge in [0.15, 0.2) is 5.69 Å². The molecule has 1 aliphatic carbocycles. The number of amides is 2. The zero-order valence-electron chi connectivity index (χ0n) is 19.1. The number of hydrogen-bond acceptors (Lipinski definition) is 5. The van der Waals surface area contributed by atoms with Crippen molar-refractivity contribution in [3.63, 3.8) is 0 Å². The van der Waals surface area contributed by atoms with E-state index in [1.807, 2.05) is 48.5 Å². The van der Waals surface area contributed by atoms with Crippen LogP contribution >= 0.6 is 0 Å². The van der Waals surface area contributed by atoms with Crippen LogP contribution in [-0.4, -0.2) is 30.0 Å². The summed E-state index contributed by atoms with van der Waals surface area (Å²) in [5.74, 6) is -0.802. The Morgan fingerprint density at radius 2 is 1.69 bits per heavy atom. The fourth-order valence-electron chi connectivity index (χ4n) is 4.46. The van der Waals surface area contributed by atoms with Crippen LogP contribution in [0.4, 0.5) is 5.69 Å². The van der Waals surface area contributed by atoms with Gasteiger partial charge in [0.1, 0.15) is 0 Å². The van der Waals surface area contributed by atoms with Crippen LogP contribution in [0.3, 0.4) is 0 Å². The first kappa shape index (κ1) is 23.5. The highest BCUT2D eigenvalue weighted by Crippen LogP contribution is 2.38. The summed E-state index contributed by atoms with van der Waals surface area (Å²) in [5.41, 5.74) is 11.1. The normalized spacial score (nSPS) is 12.5. The second-order valence-electron chi connectivity index (χ2n) is 8.57. The topological polar surface area (TPSA) is 150 Å². The average molecular weight is 502 g/mol. The quantitative estimate of drug-likeness (QED) is 0.371. The molecule has 0 fully saturated rings. The van der Waals surface area contributed by atoms with E-state index in [-0.39, 0.29) is 22.9 Å². The molecule has 3 aromatic carbocycles. The highest BCUT2D eigenvalue weighted by atomic mass is 32.2. The van der Waals surface area contributed by atoms with Crippen LogP contribution < -0.4 is 16.2 Å². The number of nitrogens with zero attached hydrogens (tertiary/aromatic N) is 2. The first-order valence-electron chi connectivity index (χ1n) is 11.2. The fraction of sp³-hybridized carbons (Fsp3) is 0.115. The van der Waals surface area contributed by atoms with Gasteiger partial charge in [-0.2, -0.15) is 5.10 Å². The Labute approximate surface area is 207 Å². The summed E-state index contributed by atoms with van der Waals surface area (Å²) >= 11 is 0. The minimum atomic E-state index is -3.86. The SMILES string of the molecule is NC(=O)c1nn(-c2ccc(S(N)(=O)=O)cc2)c2c1CCc1ccc(NC(=O)Cc3ccccc3)cc1-2. The monoisotopic (exact) mass is 501 g/mol. The number of rotatable bonds is 6. The summed E-state index contributed by atoms with van der Waals surface area (Å²) in [7, 11) is -3.86. The van der Waals surface area contributed by atoms with Crippen LogP contribution in [0.1, 0.15) is 27.2 Å². The number of sulfonamides is 1. The van der Waals surface area contributed by atoms with E-state index in [1.165, 1.54) is 12.1 Å². The number of carbonyl (C=O) groups is 2. The van der Waals surface area contributed by atoms with Crippen molar-refractivity contribution in [1.82, 2.24) is 9.78 Å². The highest BCUT2D eigenvalue weighted by Gasteiger charge is 2.28. The summed E-state index contributed by atoms with van der Waals surface area (Å²) in [6.45, 7) is 0. The van der Waals surface area contributed by atoms with Crippen molar-refractivity contribution >= 4 is 27.5 Å². The molecule has 0 saturated heterocycles. The number of primary amides is 1. The summed E-state index contributed by atoms with van der Waals surface area (Å²) < 4.78 is 24.9. The van der Waals surface area contributed by atoms with Crippen LogP contribution in [-0.2, 0) is 34.1 Å². The second-order valence-corrected chi connectivity index (χ2v) is 10.1. The maximum Gasteiger partial charge on any atom is 0.269 e. The lowest BCUT2D eigenvalue weighted by Crippen LogP contribution is -2.16. The van der Waals surface area contributed by atoms with Gasteiger partial charge in [0.05, 0.1) is 22.7 Å². The number of nitrogens with two attached hydrogens (primary N) is 2. The van der Waals surface area contributed by atoms with E-state index in [9.17, 15) is 18.0 Å². The largest absolute Gasteiger partial charge is 0.364 e. The van der Waals surface area contributed by atoms with Crippen LogP contribution in [0, 0.1) is 0 Å². The summed E-state index contributed by atoms with van der Waals surface area (Å²) in [6, 6.07) is 21.0. The van der Waals surface area contributed by atoms with Crippen molar-refractivity contribution in [3.8, 4) is 16.9 Å². The van der Waals surface area contributed by atoms with Crippen LogP contribution in [0.25, 0.3) is 16.9 Å². The van der Waals surface area contributed by atoms with Crippen LogP contribution in [0.5, 0.6) is 0 Å². The molecular formula is C26H23N5O4S. The lowest BCUT2D eigenvalue weighted by atomic mass is 9.88. The number of hydrogen-bond donors (Lipinski definition) is 3. The average Bonchev–Trinajstić information content (AvgIpc) is 3.25. The number of nitrogens with one attached hydrogen (secondary N) is 1. The number of aryl methyl sites for hydroxylation is 1. The van der Waals surface area contributed by atoms with Gasteiger partial charge in [0.2, 0.25) is 15.9 Å². The fourth-order valence-corrected chi connectivity index (χ4v) is 4.98. The number of anilines is 1. The Kier molecular flexibility index (Phi) is 5.91. The maximum atomic E-state index is 12.6. The molecule has 0 atom stereocenters. The molecule has 10 heteroatoms. The van der Waals surface area contributed by atoms with E-state index in [4.69, 9.17) is 10.9 Å². The second kappa shape index (κ2) is 9.06. The molecule has 1 aromatic heterocycles. The molecule has 182 valence electrons.